The Hall–Kier alpha value is -1.66. The Morgan fingerprint density at radius 1 is 0.875 bits per heavy atom. The fourth-order valence-corrected chi connectivity index (χ4v) is 2.44. The second-order valence-corrected chi connectivity index (χ2v) is 4.91. The monoisotopic (exact) mass is 229 g/mol. The Morgan fingerprint density at radius 3 is 2.06 bits per heavy atom. The van der Waals surface area contributed by atoms with Gasteiger partial charge in [0.1, 0.15) is 12.4 Å². The minimum absolute atomic E-state index is 0.558. The summed E-state index contributed by atoms with van der Waals surface area (Å²) in [5.74, 6) is 0. The van der Waals surface area contributed by atoms with E-state index in [0.717, 1.165) is 11.4 Å². The summed E-state index contributed by atoms with van der Waals surface area (Å²) < 4.78 is 4.61. The van der Waals surface area contributed by atoms with E-state index in [1.54, 1.807) is 0 Å². The summed E-state index contributed by atoms with van der Waals surface area (Å²) in [6.07, 6.45) is 0. The maximum Gasteiger partial charge on any atom is 0.322 e. The molecule has 2 aromatic carbocycles. The first-order valence-corrected chi connectivity index (χ1v) is 6.91. The van der Waals surface area contributed by atoms with Crippen LogP contribution in [-0.2, 0) is 0 Å². The number of hydrogen-bond acceptors (Lipinski definition) is 1. The molecule has 0 amide bonds. The summed E-state index contributed by atoms with van der Waals surface area (Å²) >= 11 is 0. The van der Waals surface area contributed by atoms with Gasteiger partial charge in [0.15, 0.2) is 0 Å². The fourth-order valence-electron chi connectivity index (χ4n) is 1.39. The van der Waals surface area contributed by atoms with E-state index in [1.807, 2.05) is 48.5 Å². The highest BCUT2D eigenvalue weighted by Gasteiger charge is 2.04. The van der Waals surface area contributed by atoms with Crippen LogP contribution in [0.1, 0.15) is 0 Å². The van der Waals surface area contributed by atoms with Gasteiger partial charge in [0, 0.05) is 0 Å². The van der Waals surface area contributed by atoms with Gasteiger partial charge in [0.05, 0.1) is 5.69 Å². The van der Waals surface area contributed by atoms with Gasteiger partial charge >= 0.3 is 7.86 Å². The number of nitrogens with zero attached hydrogens (tertiary/aromatic N) is 1. The standard InChI is InChI=1S/C13H14N2P/c1-16(14-12-8-4-2-5-9-12)15-13-10-6-3-7-11-13/h2-11H,1H3,(H,14,15)/q+1. The molecule has 16 heavy (non-hydrogen) atoms. The van der Waals surface area contributed by atoms with E-state index < -0.39 is 7.86 Å². The minimum atomic E-state index is -0.558. The third kappa shape index (κ3) is 3.18. The highest BCUT2D eigenvalue weighted by atomic mass is 31.1. The van der Waals surface area contributed by atoms with Gasteiger partial charge in [-0.05, 0) is 29.0 Å². The van der Waals surface area contributed by atoms with Crippen molar-refractivity contribution in [3.63, 3.8) is 0 Å². The highest BCUT2D eigenvalue weighted by molar-refractivity contribution is 7.48. The van der Waals surface area contributed by atoms with Gasteiger partial charge in [0.2, 0.25) is 0 Å². The molecule has 2 aromatic rings. The molecule has 0 aliphatic heterocycles. The third-order valence-electron chi connectivity index (χ3n) is 2.09. The van der Waals surface area contributed by atoms with E-state index in [-0.39, 0.29) is 0 Å². The number of nitrogens with one attached hydrogen (secondary N) is 1. The Labute approximate surface area is 96.9 Å². The molecule has 0 heterocycles. The first-order chi connectivity index (χ1) is 7.84. The van der Waals surface area contributed by atoms with Crippen LogP contribution >= 0.6 is 7.86 Å². The number of rotatable bonds is 3. The zero-order valence-electron chi connectivity index (χ0n) is 9.17. The van der Waals surface area contributed by atoms with E-state index in [2.05, 4.69) is 28.6 Å². The Kier molecular flexibility index (Phi) is 3.68. The van der Waals surface area contributed by atoms with Crippen molar-refractivity contribution in [2.75, 3.05) is 11.8 Å². The SMILES string of the molecule is C[P+](=Nc1ccccc1)Nc1ccccc1. The highest BCUT2D eigenvalue weighted by Crippen LogP contribution is 2.28. The van der Waals surface area contributed by atoms with Crippen molar-refractivity contribution in [1.82, 2.24) is 0 Å². The molecule has 3 heteroatoms. The van der Waals surface area contributed by atoms with Crippen LogP contribution in [0, 0.1) is 0 Å². The summed E-state index contributed by atoms with van der Waals surface area (Å²) in [7, 11) is -0.558. The Morgan fingerprint density at radius 2 is 1.44 bits per heavy atom. The molecule has 0 radical (unpaired) electrons. The largest absolute Gasteiger partial charge is 0.322 e. The molecule has 80 valence electrons. The molecule has 2 nitrogen and oxygen atoms in total. The van der Waals surface area contributed by atoms with E-state index in [0.29, 0.717) is 0 Å². The van der Waals surface area contributed by atoms with Gasteiger partial charge in [-0.1, -0.05) is 36.4 Å². The molecular formula is C13H14N2P+. The molecule has 1 atom stereocenters. The lowest BCUT2D eigenvalue weighted by molar-refractivity contribution is 1.55. The summed E-state index contributed by atoms with van der Waals surface area (Å²) in [6, 6.07) is 20.2. The van der Waals surface area contributed by atoms with Crippen LogP contribution in [0.15, 0.2) is 65.4 Å². The first-order valence-electron chi connectivity index (χ1n) is 5.17. The molecule has 2 rings (SSSR count). The second kappa shape index (κ2) is 5.43. The van der Waals surface area contributed by atoms with Crippen molar-refractivity contribution in [3.05, 3.63) is 60.7 Å². The first kappa shape index (κ1) is 10.8. The van der Waals surface area contributed by atoms with E-state index in [4.69, 9.17) is 0 Å². The van der Waals surface area contributed by atoms with Gasteiger partial charge in [-0.2, -0.15) is 5.09 Å². The quantitative estimate of drug-likeness (QED) is 0.762. The molecule has 0 bridgehead atoms. The van der Waals surface area contributed by atoms with Crippen LogP contribution in [0.3, 0.4) is 0 Å². The predicted molar refractivity (Wildman–Crippen MR) is 71.4 cm³/mol. The van der Waals surface area contributed by atoms with Crippen LogP contribution in [0.5, 0.6) is 0 Å². The van der Waals surface area contributed by atoms with Crippen molar-refractivity contribution in [2.24, 2.45) is 4.74 Å². The van der Waals surface area contributed by atoms with Crippen molar-refractivity contribution < 1.29 is 0 Å². The lowest BCUT2D eigenvalue weighted by atomic mass is 10.3. The molecule has 0 aliphatic carbocycles. The normalized spacial score (nSPS) is 11.2. The molecule has 0 aliphatic rings. The van der Waals surface area contributed by atoms with Gasteiger partial charge < -0.3 is 0 Å². The van der Waals surface area contributed by atoms with Crippen LogP contribution in [-0.4, -0.2) is 6.66 Å². The van der Waals surface area contributed by atoms with E-state index in [9.17, 15) is 0 Å². The van der Waals surface area contributed by atoms with Crippen molar-refractivity contribution in [1.29, 1.82) is 0 Å². The Bertz CT molecular complexity index is 466. The van der Waals surface area contributed by atoms with E-state index >= 15 is 0 Å². The van der Waals surface area contributed by atoms with Crippen LogP contribution < -0.4 is 5.09 Å². The minimum Gasteiger partial charge on any atom is -0.195 e. The zero-order valence-corrected chi connectivity index (χ0v) is 10.1. The summed E-state index contributed by atoms with van der Waals surface area (Å²) in [5.41, 5.74) is 2.15. The molecule has 1 unspecified atom stereocenters. The number of para-hydroxylation sites is 1. The third-order valence-corrected chi connectivity index (χ3v) is 3.20. The maximum atomic E-state index is 4.61. The Balaban J connectivity index is 2.09. The van der Waals surface area contributed by atoms with Crippen LogP contribution in [0.2, 0.25) is 0 Å². The molecule has 1 N–H and O–H groups in total. The van der Waals surface area contributed by atoms with Crippen LogP contribution in [0.4, 0.5) is 11.4 Å². The summed E-state index contributed by atoms with van der Waals surface area (Å²) in [5, 5.41) is 3.39. The molecule has 0 fully saturated rings. The fraction of sp³-hybridized carbons (Fsp3) is 0.0769. The van der Waals surface area contributed by atoms with Crippen molar-refractivity contribution in [3.8, 4) is 0 Å². The van der Waals surface area contributed by atoms with Crippen LogP contribution in [0.25, 0.3) is 0 Å². The van der Waals surface area contributed by atoms with Gasteiger partial charge in [-0.15, -0.1) is 0 Å². The number of hydrogen-bond donors (Lipinski definition) is 1. The molecular weight excluding hydrogens is 215 g/mol. The average molecular weight is 229 g/mol. The van der Waals surface area contributed by atoms with E-state index in [1.165, 1.54) is 0 Å². The van der Waals surface area contributed by atoms with Gasteiger partial charge in [-0.3, -0.25) is 0 Å². The molecule has 0 spiro atoms. The summed E-state index contributed by atoms with van der Waals surface area (Å²) in [6.45, 7) is 2.11. The maximum absolute atomic E-state index is 4.61. The molecule has 0 saturated carbocycles. The van der Waals surface area contributed by atoms with Gasteiger partial charge in [-0.25, -0.2) is 0 Å². The number of benzene rings is 2. The summed E-state index contributed by atoms with van der Waals surface area (Å²) in [4.78, 5) is 0. The van der Waals surface area contributed by atoms with Crippen molar-refractivity contribution >= 4 is 19.2 Å². The lowest BCUT2D eigenvalue weighted by Crippen LogP contribution is -1.83. The van der Waals surface area contributed by atoms with Gasteiger partial charge in [0.25, 0.3) is 0 Å². The zero-order chi connectivity index (χ0) is 11.2. The number of anilines is 1. The average Bonchev–Trinajstić information content (AvgIpc) is 2.31. The van der Waals surface area contributed by atoms with Crippen molar-refractivity contribution in [2.45, 2.75) is 0 Å². The lowest BCUT2D eigenvalue weighted by Gasteiger charge is -1.95. The second-order valence-electron chi connectivity index (χ2n) is 3.44. The smallest absolute Gasteiger partial charge is 0.195 e. The topological polar surface area (TPSA) is 24.4 Å². The molecule has 0 saturated heterocycles. The predicted octanol–water partition coefficient (Wildman–Crippen LogP) is 4.64. The molecule has 0 aromatic heterocycles.